The lowest BCUT2D eigenvalue weighted by atomic mass is 9.91. The molecule has 1 heteroatoms. The van der Waals surface area contributed by atoms with Gasteiger partial charge in [0.2, 0.25) is 0 Å². The van der Waals surface area contributed by atoms with Crippen molar-refractivity contribution in [3.63, 3.8) is 0 Å². The Labute approximate surface area is 74.2 Å². The molecule has 0 aliphatic heterocycles. The summed E-state index contributed by atoms with van der Waals surface area (Å²) in [4.78, 5) is 10.7. The van der Waals surface area contributed by atoms with Crippen LogP contribution in [0.4, 0.5) is 0 Å². The zero-order chi connectivity index (χ0) is 8.97. The van der Waals surface area contributed by atoms with E-state index in [4.69, 9.17) is 0 Å². The third kappa shape index (κ3) is 2.33. The molecule has 0 spiro atoms. The minimum absolute atomic E-state index is 0.975. The zero-order valence-electron chi connectivity index (χ0n) is 7.89. The maximum absolute atomic E-state index is 10.7. The van der Waals surface area contributed by atoms with Gasteiger partial charge >= 0.3 is 0 Å². The Kier molecular flexibility index (Phi) is 3.27. The Morgan fingerprint density at radius 1 is 1.17 bits per heavy atom. The van der Waals surface area contributed by atoms with Crippen LogP contribution < -0.4 is 0 Å². The molecule has 0 atom stereocenters. The Morgan fingerprint density at radius 3 is 2.25 bits per heavy atom. The fraction of sp³-hybridized carbons (Fsp3) is 0.545. The van der Waals surface area contributed by atoms with Gasteiger partial charge in [0, 0.05) is 0 Å². The van der Waals surface area contributed by atoms with Crippen molar-refractivity contribution >= 4 is 6.29 Å². The van der Waals surface area contributed by atoms with Crippen LogP contribution in [0.2, 0.25) is 0 Å². The van der Waals surface area contributed by atoms with Crippen molar-refractivity contribution in [3.05, 3.63) is 22.8 Å². The summed E-state index contributed by atoms with van der Waals surface area (Å²) in [6.07, 6.45) is 7.63. The Bertz CT molecular complexity index is 229. The molecule has 1 rings (SSSR count). The molecule has 0 aromatic heterocycles. The lowest BCUT2D eigenvalue weighted by Gasteiger charge is -2.13. The standard InChI is InChI=1S/C11H16O/c1-9(2)7-10-5-3-4-6-11(10)8-12/h7-8H,3-6H2,1-2H3. The van der Waals surface area contributed by atoms with Gasteiger partial charge in [-0.1, -0.05) is 11.6 Å². The largest absolute Gasteiger partial charge is 0.298 e. The van der Waals surface area contributed by atoms with Crippen LogP contribution in [0, 0.1) is 0 Å². The minimum atomic E-state index is 0.975. The number of aldehydes is 1. The van der Waals surface area contributed by atoms with Crippen LogP contribution in [0.3, 0.4) is 0 Å². The molecule has 0 radical (unpaired) electrons. The van der Waals surface area contributed by atoms with Gasteiger partial charge in [-0.15, -0.1) is 0 Å². The van der Waals surface area contributed by atoms with E-state index in [9.17, 15) is 4.79 Å². The first-order chi connectivity index (χ1) is 5.74. The predicted molar refractivity (Wildman–Crippen MR) is 51.0 cm³/mol. The molecule has 1 nitrogen and oxygen atoms in total. The molecule has 0 N–H and O–H groups in total. The predicted octanol–water partition coefficient (Wildman–Crippen LogP) is 3.02. The molecule has 12 heavy (non-hydrogen) atoms. The number of carbonyl (C=O) groups excluding carboxylic acids is 1. The van der Waals surface area contributed by atoms with E-state index in [1.54, 1.807) is 0 Å². The van der Waals surface area contributed by atoms with Crippen molar-refractivity contribution in [2.24, 2.45) is 0 Å². The molecule has 1 aliphatic carbocycles. The quantitative estimate of drug-likeness (QED) is 0.573. The highest BCUT2D eigenvalue weighted by molar-refractivity contribution is 5.75. The number of rotatable bonds is 2. The van der Waals surface area contributed by atoms with Crippen molar-refractivity contribution in [2.45, 2.75) is 39.5 Å². The zero-order valence-corrected chi connectivity index (χ0v) is 7.89. The summed E-state index contributed by atoms with van der Waals surface area (Å²) in [6, 6.07) is 0. The van der Waals surface area contributed by atoms with Crippen LogP contribution in [-0.4, -0.2) is 6.29 Å². The summed E-state index contributed by atoms with van der Waals surface area (Å²) in [5.74, 6) is 0. The van der Waals surface area contributed by atoms with E-state index >= 15 is 0 Å². The third-order valence-corrected chi connectivity index (χ3v) is 2.16. The average Bonchev–Trinajstić information content (AvgIpc) is 2.04. The van der Waals surface area contributed by atoms with Gasteiger partial charge in [0.15, 0.2) is 0 Å². The van der Waals surface area contributed by atoms with E-state index in [-0.39, 0.29) is 0 Å². The van der Waals surface area contributed by atoms with Crippen molar-refractivity contribution in [3.8, 4) is 0 Å². The first-order valence-corrected chi connectivity index (χ1v) is 4.56. The van der Waals surface area contributed by atoms with Crippen molar-refractivity contribution in [1.29, 1.82) is 0 Å². The Hall–Kier alpha value is -0.850. The lowest BCUT2D eigenvalue weighted by molar-refractivity contribution is -0.105. The van der Waals surface area contributed by atoms with Crippen LogP contribution in [0.15, 0.2) is 22.8 Å². The molecule has 66 valence electrons. The van der Waals surface area contributed by atoms with Crippen LogP contribution in [0.25, 0.3) is 0 Å². The van der Waals surface area contributed by atoms with Gasteiger partial charge in [0.1, 0.15) is 6.29 Å². The van der Waals surface area contributed by atoms with Gasteiger partial charge in [0.25, 0.3) is 0 Å². The van der Waals surface area contributed by atoms with E-state index in [0.29, 0.717) is 0 Å². The number of hydrogen-bond acceptors (Lipinski definition) is 1. The van der Waals surface area contributed by atoms with Gasteiger partial charge < -0.3 is 0 Å². The van der Waals surface area contributed by atoms with Crippen LogP contribution in [0.1, 0.15) is 39.5 Å². The first-order valence-electron chi connectivity index (χ1n) is 4.56. The molecule has 0 unspecified atom stereocenters. The van der Waals surface area contributed by atoms with Crippen LogP contribution in [0.5, 0.6) is 0 Å². The van der Waals surface area contributed by atoms with E-state index in [0.717, 1.165) is 24.7 Å². The molecular weight excluding hydrogens is 148 g/mol. The van der Waals surface area contributed by atoms with Crippen LogP contribution in [-0.2, 0) is 4.79 Å². The monoisotopic (exact) mass is 164 g/mol. The van der Waals surface area contributed by atoms with Crippen molar-refractivity contribution in [1.82, 2.24) is 0 Å². The fourth-order valence-corrected chi connectivity index (χ4v) is 1.60. The Balaban J connectivity index is 2.87. The third-order valence-electron chi connectivity index (χ3n) is 2.16. The van der Waals surface area contributed by atoms with E-state index < -0.39 is 0 Å². The first kappa shape index (κ1) is 9.24. The second kappa shape index (κ2) is 4.24. The molecule has 1 aliphatic rings. The number of hydrogen-bond donors (Lipinski definition) is 0. The van der Waals surface area contributed by atoms with Crippen LogP contribution >= 0.6 is 0 Å². The number of carbonyl (C=O) groups is 1. The summed E-state index contributed by atoms with van der Waals surface area (Å²) < 4.78 is 0. The van der Waals surface area contributed by atoms with Gasteiger partial charge in [-0.3, -0.25) is 4.79 Å². The topological polar surface area (TPSA) is 17.1 Å². The average molecular weight is 164 g/mol. The minimum Gasteiger partial charge on any atom is -0.298 e. The smallest absolute Gasteiger partial charge is 0.146 e. The van der Waals surface area contributed by atoms with E-state index in [2.05, 4.69) is 19.9 Å². The van der Waals surface area contributed by atoms with Gasteiger partial charge in [-0.25, -0.2) is 0 Å². The second-order valence-electron chi connectivity index (χ2n) is 3.60. The normalized spacial score (nSPS) is 17.5. The van der Waals surface area contributed by atoms with Gasteiger partial charge in [0.05, 0.1) is 0 Å². The molecule has 0 amide bonds. The highest BCUT2D eigenvalue weighted by Crippen LogP contribution is 2.24. The van der Waals surface area contributed by atoms with Crippen molar-refractivity contribution < 1.29 is 4.79 Å². The van der Waals surface area contributed by atoms with E-state index in [1.165, 1.54) is 24.0 Å². The molecule has 0 aromatic rings. The lowest BCUT2D eigenvalue weighted by Crippen LogP contribution is -1.99. The molecule has 0 heterocycles. The summed E-state index contributed by atoms with van der Waals surface area (Å²) in [7, 11) is 0. The summed E-state index contributed by atoms with van der Waals surface area (Å²) in [6.45, 7) is 4.15. The Morgan fingerprint density at radius 2 is 1.75 bits per heavy atom. The summed E-state index contributed by atoms with van der Waals surface area (Å²) >= 11 is 0. The maximum Gasteiger partial charge on any atom is 0.146 e. The van der Waals surface area contributed by atoms with E-state index in [1.807, 2.05) is 0 Å². The second-order valence-corrected chi connectivity index (χ2v) is 3.60. The molecule has 0 bridgehead atoms. The highest BCUT2D eigenvalue weighted by Gasteiger charge is 2.09. The summed E-state index contributed by atoms with van der Waals surface area (Å²) in [5, 5.41) is 0. The molecule has 0 saturated heterocycles. The fourth-order valence-electron chi connectivity index (χ4n) is 1.60. The van der Waals surface area contributed by atoms with Gasteiger partial charge in [-0.05, 0) is 50.7 Å². The molecular formula is C11H16O. The van der Waals surface area contributed by atoms with Gasteiger partial charge in [-0.2, -0.15) is 0 Å². The maximum atomic E-state index is 10.7. The molecule has 0 aromatic carbocycles. The van der Waals surface area contributed by atoms with Crippen molar-refractivity contribution in [2.75, 3.05) is 0 Å². The summed E-state index contributed by atoms with van der Waals surface area (Å²) in [5.41, 5.74) is 3.56. The molecule has 0 saturated carbocycles. The SMILES string of the molecule is CC(C)=CC1=C(C=O)CCCC1. The number of allylic oxidation sites excluding steroid dienone is 4. The molecule has 0 fully saturated rings. The highest BCUT2D eigenvalue weighted by atomic mass is 16.1.